The Morgan fingerprint density at radius 2 is 1.79 bits per heavy atom. The first kappa shape index (κ1) is 22.0. The first-order valence-corrected chi connectivity index (χ1v) is 12.8. The summed E-state index contributed by atoms with van der Waals surface area (Å²) in [6.45, 7) is 0.503. The van der Waals surface area contributed by atoms with Gasteiger partial charge in [0.1, 0.15) is 11.9 Å². The van der Waals surface area contributed by atoms with E-state index < -0.39 is 29.3 Å². The van der Waals surface area contributed by atoms with Crippen LogP contribution < -0.4 is 0 Å². The number of carbonyl (C=O) groups excluding carboxylic acids is 1. The van der Waals surface area contributed by atoms with Gasteiger partial charge in [-0.25, -0.2) is 9.18 Å². The zero-order valence-corrected chi connectivity index (χ0v) is 19.3. The minimum atomic E-state index is -1.05. The van der Waals surface area contributed by atoms with E-state index in [-0.39, 0.29) is 29.9 Å². The summed E-state index contributed by atoms with van der Waals surface area (Å²) >= 11 is 0. The van der Waals surface area contributed by atoms with E-state index in [4.69, 9.17) is 4.74 Å². The van der Waals surface area contributed by atoms with Crippen LogP contribution in [-0.4, -0.2) is 40.1 Å². The number of halogens is 1. The minimum absolute atomic E-state index is 0.0524. The Balaban J connectivity index is 1.27. The average molecular weight is 467 g/mol. The van der Waals surface area contributed by atoms with Crippen LogP contribution >= 0.6 is 0 Å². The lowest BCUT2D eigenvalue weighted by Crippen LogP contribution is -2.58. The number of carbonyl (C=O) groups is 2. The van der Waals surface area contributed by atoms with E-state index in [0.717, 1.165) is 61.5 Å². The normalized spacial score (nSPS) is 36.0. The maximum absolute atomic E-state index is 15.3. The van der Waals surface area contributed by atoms with Crippen LogP contribution in [0.2, 0.25) is 0 Å². The van der Waals surface area contributed by atoms with Crippen LogP contribution in [0.25, 0.3) is 0 Å². The molecule has 0 aromatic heterocycles. The Hall–Kier alpha value is -2.46. The first-order chi connectivity index (χ1) is 16.4. The van der Waals surface area contributed by atoms with E-state index in [9.17, 15) is 20.0 Å². The van der Waals surface area contributed by atoms with Gasteiger partial charge in [0.05, 0.1) is 18.2 Å². The third kappa shape index (κ3) is 3.45. The molecule has 7 heteroatoms. The molecule has 1 aromatic rings. The monoisotopic (exact) mass is 466 g/mol. The molecule has 1 N–H and O–H groups in total. The molecule has 7 rings (SSSR count). The molecule has 0 radical (unpaired) electrons. The van der Waals surface area contributed by atoms with Crippen LogP contribution in [0.3, 0.4) is 0 Å². The van der Waals surface area contributed by atoms with Gasteiger partial charge in [-0.2, -0.15) is 5.26 Å². The molecule has 1 aliphatic heterocycles. The van der Waals surface area contributed by atoms with Crippen molar-refractivity contribution in [1.82, 2.24) is 4.90 Å². The van der Waals surface area contributed by atoms with Crippen LogP contribution in [0, 0.1) is 40.8 Å². The Bertz CT molecular complexity index is 1050. The van der Waals surface area contributed by atoms with Gasteiger partial charge in [-0.1, -0.05) is 0 Å². The number of aliphatic carboxylic acids is 1. The second kappa shape index (κ2) is 8.05. The molecule has 1 amide bonds. The number of ether oxygens (including phenoxy) is 1. The van der Waals surface area contributed by atoms with E-state index in [1.54, 1.807) is 6.07 Å². The number of rotatable bonds is 6. The van der Waals surface area contributed by atoms with Crippen molar-refractivity contribution in [1.29, 1.82) is 5.26 Å². The molecule has 4 bridgehead atoms. The van der Waals surface area contributed by atoms with Gasteiger partial charge >= 0.3 is 5.97 Å². The molecule has 34 heavy (non-hydrogen) atoms. The van der Waals surface area contributed by atoms with Gasteiger partial charge < -0.3 is 14.7 Å². The van der Waals surface area contributed by atoms with Crippen molar-refractivity contribution in [2.75, 3.05) is 6.54 Å². The van der Waals surface area contributed by atoms with Crippen molar-refractivity contribution in [2.45, 2.75) is 82.0 Å². The largest absolute Gasteiger partial charge is 0.480 e. The number of nitriles is 1. The summed E-state index contributed by atoms with van der Waals surface area (Å²) in [6, 6.07) is 4.69. The molecule has 1 saturated heterocycles. The molecule has 5 aliphatic carbocycles. The van der Waals surface area contributed by atoms with E-state index >= 15 is 4.39 Å². The molecule has 5 saturated carbocycles. The summed E-state index contributed by atoms with van der Waals surface area (Å²) in [5.74, 6) is -0.0206. The molecule has 0 unspecified atom stereocenters. The fourth-order valence-electron chi connectivity index (χ4n) is 7.65. The Morgan fingerprint density at radius 1 is 1.12 bits per heavy atom. The standard InChI is InChI=1S/C27H31FN2O4/c28-23-11-18(13-34-27(14-29)19-7-15-6-16(9-19)10-20(27)8-15)21(17-3-4-17)12-22(23)25(31)30-5-1-2-24(30)26(32)33/h11-12,15-17,19-20,24H,1-10,13H2,(H,32,33)/t15?,16?,19?,20?,24-,27?/m0/s1. The van der Waals surface area contributed by atoms with Gasteiger partial charge in [-0.05, 0) is 98.8 Å². The highest BCUT2D eigenvalue weighted by atomic mass is 19.1. The lowest BCUT2D eigenvalue weighted by Gasteiger charge is -2.57. The molecule has 0 spiro atoms. The van der Waals surface area contributed by atoms with Crippen LogP contribution in [0.5, 0.6) is 0 Å². The molecule has 1 heterocycles. The fourth-order valence-corrected chi connectivity index (χ4v) is 7.65. The summed E-state index contributed by atoms with van der Waals surface area (Å²) < 4.78 is 21.7. The number of hydrogen-bond donors (Lipinski definition) is 1. The van der Waals surface area contributed by atoms with Crippen molar-refractivity contribution in [3.8, 4) is 6.07 Å². The van der Waals surface area contributed by atoms with Crippen molar-refractivity contribution in [2.24, 2.45) is 23.7 Å². The van der Waals surface area contributed by atoms with Gasteiger partial charge in [0.25, 0.3) is 5.91 Å². The quantitative estimate of drug-likeness (QED) is 0.660. The summed E-state index contributed by atoms with van der Waals surface area (Å²) in [5, 5.41) is 19.7. The summed E-state index contributed by atoms with van der Waals surface area (Å²) in [4.78, 5) is 25.9. The molecule has 180 valence electrons. The number of amides is 1. The predicted octanol–water partition coefficient (Wildman–Crippen LogP) is 4.63. The lowest BCUT2D eigenvalue weighted by atomic mass is 9.50. The number of carboxylic acid groups (broad SMARTS) is 1. The van der Waals surface area contributed by atoms with Gasteiger partial charge in [0.2, 0.25) is 0 Å². The zero-order chi connectivity index (χ0) is 23.6. The van der Waals surface area contributed by atoms with Gasteiger partial charge in [0, 0.05) is 18.4 Å². The molecule has 6 aliphatic rings. The smallest absolute Gasteiger partial charge is 0.326 e. The summed E-state index contributed by atoms with van der Waals surface area (Å²) in [5.41, 5.74) is 0.788. The van der Waals surface area contributed by atoms with E-state index in [1.165, 1.54) is 17.4 Å². The van der Waals surface area contributed by atoms with E-state index in [0.29, 0.717) is 19.4 Å². The third-order valence-corrected chi connectivity index (χ3v) is 9.27. The van der Waals surface area contributed by atoms with Crippen LogP contribution in [0.1, 0.15) is 85.2 Å². The number of likely N-dealkylation sites (tertiary alicyclic amines) is 1. The predicted molar refractivity (Wildman–Crippen MR) is 120 cm³/mol. The number of nitrogens with zero attached hydrogens (tertiary/aromatic N) is 2. The van der Waals surface area contributed by atoms with Crippen molar-refractivity contribution in [3.05, 3.63) is 34.6 Å². The number of hydrogen-bond acceptors (Lipinski definition) is 4. The maximum atomic E-state index is 15.3. The second-order valence-electron chi connectivity index (χ2n) is 11.3. The molecule has 1 atom stereocenters. The van der Waals surface area contributed by atoms with Gasteiger partial charge in [-0.15, -0.1) is 0 Å². The lowest BCUT2D eigenvalue weighted by molar-refractivity contribution is -0.177. The fraction of sp³-hybridized carbons (Fsp3) is 0.667. The summed E-state index contributed by atoms with van der Waals surface area (Å²) in [7, 11) is 0. The highest BCUT2D eigenvalue weighted by Gasteiger charge is 2.58. The van der Waals surface area contributed by atoms with Crippen molar-refractivity contribution < 1.29 is 23.8 Å². The zero-order valence-electron chi connectivity index (χ0n) is 19.3. The minimum Gasteiger partial charge on any atom is -0.480 e. The highest BCUT2D eigenvalue weighted by Crippen LogP contribution is 2.59. The van der Waals surface area contributed by atoms with Crippen molar-refractivity contribution in [3.63, 3.8) is 0 Å². The maximum Gasteiger partial charge on any atom is 0.326 e. The van der Waals surface area contributed by atoms with Crippen LogP contribution in [0.4, 0.5) is 4.39 Å². The summed E-state index contributed by atoms with van der Waals surface area (Å²) in [6.07, 6.45) is 8.46. The molecule has 6 fully saturated rings. The van der Waals surface area contributed by atoms with Crippen LogP contribution in [-0.2, 0) is 16.1 Å². The first-order valence-electron chi connectivity index (χ1n) is 12.8. The average Bonchev–Trinajstić information content (AvgIpc) is 3.53. The highest BCUT2D eigenvalue weighted by molar-refractivity contribution is 5.97. The number of carboxylic acids is 1. The van der Waals surface area contributed by atoms with Crippen LogP contribution in [0.15, 0.2) is 12.1 Å². The Labute approximate surface area is 199 Å². The van der Waals surface area contributed by atoms with Gasteiger partial charge in [-0.3, -0.25) is 4.79 Å². The van der Waals surface area contributed by atoms with E-state index in [2.05, 4.69) is 6.07 Å². The molecule has 1 aromatic carbocycles. The molecule has 6 nitrogen and oxygen atoms in total. The molecular weight excluding hydrogens is 435 g/mol. The molecular formula is C27H31FN2O4. The Morgan fingerprint density at radius 3 is 2.38 bits per heavy atom. The topological polar surface area (TPSA) is 90.6 Å². The second-order valence-corrected chi connectivity index (χ2v) is 11.3. The van der Waals surface area contributed by atoms with E-state index in [1.807, 2.05) is 0 Å². The number of benzene rings is 1. The SMILES string of the molecule is N#CC1(OCc2cc(F)c(C(=O)N3CCC[C@H]3C(=O)O)cc2C2CC2)C2CC3CC(C2)CC1C3. The van der Waals surface area contributed by atoms with Crippen molar-refractivity contribution >= 4 is 11.9 Å². The van der Waals surface area contributed by atoms with Gasteiger partial charge in [0.15, 0.2) is 5.60 Å². The third-order valence-electron chi connectivity index (χ3n) is 9.27. The Kier molecular flexibility index (Phi) is 5.22.